The largest absolute Gasteiger partial charge is 0.465 e. The molecule has 0 radical (unpaired) electrons. The maximum absolute atomic E-state index is 12.4. The summed E-state index contributed by atoms with van der Waals surface area (Å²) >= 11 is 0. The number of aromatic nitrogens is 1. The molecule has 0 saturated heterocycles. The molecule has 1 aromatic rings. The van der Waals surface area contributed by atoms with Crippen molar-refractivity contribution in [3.8, 4) is 0 Å². The summed E-state index contributed by atoms with van der Waals surface area (Å²) < 4.78 is 12.4. The first kappa shape index (κ1) is 9.44. The summed E-state index contributed by atoms with van der Waals surface area (Å²) in [6.07, 6.45) is 0.505. The lowest BCUT2D eigenvalue weighted by Gasteiger charge is -1.99. The molecule has 0 saturated carbocycles. The number of rotatable bonds is 3. The minimum absolute atomic E-state index is 0.286. The zero-order valence-corrected chi connectivity index (χ0v) is 6.83. The first-order valence-electron chi connectivity index (χ1n) is 3.75. The minimum atomic E-state index is -1.07. The Hall–Kier alpha value is -1.65. The number of halogens is 1. The Labute approximate surface area is 74.4 Å². The molecule has 0 aliphatic rings. The topological polar surface area (TPSA) is 62.2 Å². The van der Waals surface area contributed by atoms with Crippen LogP contribution in [0.2, 0.25) is 0 Å². The molecule has 0 aliphatic heterocycles. The monoisotopic (exact) mass is 184 g/mol. The highest BCUT2D eigenvalue weighted by Gasteiger charge is 1.97. The number of carbonyl (C=O) groups is 1. The first-order chi connectivity index (χ1) is 6.18. The first-order valence-corrected chi connectivity index (χ1v) is 3.75. The quantitative estimate of drug-likeness (QED) is 0.737. The van der Waals surface area contributed by atoms with Gasteiger partial charge in [-0.25, -0.2) is 9.18 Å². The van der Waals surface area contributed by atoms with Crippen LogP contribution in [0.25, 0.3) is 0 Å². The molecule has 70 valence electrons. The number of nitrogens with zero attached hydrogens (tertiary/aromatic N) is 1. The van der Waals surface area contributed by atoms with Crippen LogP contribution in [0, 0.1) is 5.82 Å². The molecule has 1 aromatic heterocycles. The van der Waals surface area contributed by atoms with E-state index in [0.717, 1.165) is 6.20 Å². The number of hydrogen-bond acceptors (Lipinski definition) is 2. The minimum Gasteiger partial charge on any atom is -0.465 e. The van der Waals surface area contributed by atoms with Crippen molar-refractivity contribution in [3.63, 3.8) is 0 Å². The number of hydrogen-bond donors (Lipinski definition) is 2. The second-order valence-electron chi connectivity index (χ2n) is 2.45. The highest BCUT2D eigenvalue weighted by Crippen LogP contribution is 1.97. The van der Waals surface area contributed by atoms with Gasteiger partial charge in [0.25, 0.3) is 0 Å². The molecule has 5 heteroatoms. The molecule has 1 heterocycles. The fourth-order valence-corrected chi connectivity index (χ4v) is 0.852. The van der Waals surface area contributed by atoms with Gasteiger partial charge in [-0.2, -0.15) is 0 Å². The molecule has 1 rings (SSSR count). The van der Waals surface area contributed by atoms with Gasteiger partial charge in [0.2, 0.25) is 0 Å². The molecule has 1 amide bonds. The third-order valence-corrected chi connectivity index (χ3v) is 1.45. The summed E-state index contributed by atoms with van der Waals surface area (Å²) in [6, 6.07) is 2.82. The molecule has 13 heavy (non-hydrogen) atoms. The van der Waals surface area contributed by atoms with Crippen LogP contribution in [-0.4, -0.2) is 22.7 Å². The van der Waals surface area contributed by atoms with E-state index in [1.165, 1.54) is 12.1 Å². The van der Waals surface area contributed by atoms with E-state index in [1.807, 2.05) is 0 Å². The summed E-state index contributed by atoms with van der Waals surface area (Å²) in [5.74, 6) is -0.394. The summed E-state index contributed by atoms with van der Waals surface area (Å²) in [4.78, 5) is 13.8. The van der Waals surface area contributed by atoms with Gasteiger partial charge in [-0.1, -0.05) is 0 Å². The van der Waals surface area contributed by atoms with Crippen molar-refractivity contribution < 1.29 is 14.3 Å². The fourth-order valence-electron chi connectivity index (χ4n) is 0.852. The second kappa shape index (κ2) is 4.39. The predicted octanol–water partition coefficient (Wildman–Crippen LogP) is 1.03. The van der Waals surface area contributed by atoms with Gasteiger partial charge in [-0.15, -0.1) is 0 Å². The average Bonchev–Trinajstić information content (AvgIpc) is 2.08. The normalized spacial score (nSPS) is 9.62. The highest BCUT2D eigenvalue weighted by molar-refractivity contribution is 5.64. The van der Waals surface area contributed by atoms with Crippen molar-refractivity contribution in [2.75, 3.05) is 6.54 Å². The SMILES string of the molecule is O=C(O)NCCc1ccc(F)cn1. The molecule has 2 N–H and O–H groups in total. The Kier molecular flexibility index (Phi) is 3.19. The summed E-state index contributed by atoms with van der Waals surface area (Å²) in [6.45, 7) is 0.286. The van der Waals surface area contributed by atoms with Gasteiger partial charge in [0.1, 0.15) is 5.82 Å². The molecule has 4 nitrogen and oxygen atoms in total. The van der Waals surface area contributed by atoms with E-state index in [1.54, 1.807) is 0 Å². The fraction of sp³-hybridized carbons (Fsp3) is 0.250. The zero-order chi connectivity index (χ0) is 9.68. The van der Waals surface area contributed by atoms with Crippen LogP contribution in [0.15, 0.2) is 18.3 Å². The number of nitrogens with one attached hydrogen (secondary N) is 1. The molecular weight excluding hydrogens is 175 g/mol. The average molecular weight is 184 g/mol. The lowest BCUT2D eigenvalue weighted by Crippen LogP contribution is -2.23. The highest BCUT2D eigenvalue weighted by atomic mass is 19.1. The van der Waals surface area contributed by atoms with Crippen LogP contribution in [-0.2, 0) is 6.42 Å². The smallest absolute Gasteiger partial charge is 0.404 e. The lowest BCUT2D eigenvalue weighted by molar-refractivity contribution is 0.194. The van der Waals surface area contributed by atoms with E-state index in [4.69, 9.17) is 5.11 Å². The van der Waals surface area contributed by atoms with Crippen LogP contribution in [0.5, 0.6) is 0 Å². The van der Waals surface area contributed by atoms with Crippen molar-refractivity contribution in [2.45, 2.75) is 6.42 Å². The molecule has 0 unspecified atom stereocenters. The van der Waals surface area contributed by atoms with Crippen molar-refractivity contribution in [1.29, 1.82) is 0 Å². The molecular formula is C8H9FN2O2. The van der Waals surface area contributed by atoms with E-state index in [-0.39, 0.29) is 6.54 Å². The molecule has 0 atom stereocenters. The van der Waals surface area contributed by atoms with Gasteiger partial charge in [-0.05, 0) is 12.1 Å². The third kappa shape index (κ3) is 3.50. The molecule has 0 bridgehead atoms. The zero-order valence-electron chi connectivity index (χ0n) is 6.83. The maximum Gasteiger partial charge on any atom is 0.404 e. The van der Waals surface area contributed by atoms with Crippen LogP contribution in [0.4, 0.5) is 9.18 Å². The van der Waals surface area contributed by atoms with Crippen LogP contribution in [0.1, 0.15) is 5.69 Å². The van der Waals surface area contributed by atoms with Crippen LogP contribution >= 0.6 is 0 Å². The Morgan fingerprint density at radius 3 is 2.92 bits per heavy atom. The van der Waals surface area contributed by atoms with Crippen LogP contribution in [0.3, 0.4) is 0 Å². The van der Waals surface area contributed by atoms with E-state index in [2.05, 4.69) is 10.3 Å². The maximum atomic E-state index is 12.4. The van der Waals surface area contributed by atoms with Gasteiger partial charge in [0.15, 0.2) is 0 Å². The van der Waals surface area contributed by atoms with Crippen molar-refractivity contribution in [3.05, 3.63) is 29.8 Å². The standard InChI is InChI=1S/C8H9FN2O2/c9-6-1-2-7(11-5-6)3-4-10-8(12)13/h1-2,5,10H,3-4H2,(H,12,13). The van der Waals surface area contributed by atoms with Gasteiger partial charge in [-0.3, -0.25) is 4.98 Å². The summed E-state index contributed by atoms with van der Waals surface area (Å²) in [5, 5.41) is 10.4. The van der Waals surface area contributed by atoms with E-state index < -0.39 is 11.9 Å². The summed E-state index contributed by atoms with van der Waals surface area (Å²) in [5.41, 5.74) is 0.662. The van der Waals surface area contributed by atoms with Gasteiger partial charge < -0.3 is 10.4 Å². The Balaban J connectivity index is 2.37. The molecule has 0 aromatic carbocycles. The predicted molar refractivity (Wildman–Crippen MR) is 43.9 cm³/mol. The van der Waals surface area contributed by atoms with Crippen molar-refractivity contribution in [2.24, 2.45) is 0 Å². The third-order valence-electron chi connectivity index (χ3n) is 1.45. The molecule has 0 fully saturated rings. The summed E-state index contributed by atoms with van der Waals surface area (Å²) in [7, 11) is 0. The van der Waals surface area contributed by atoms with Crippen molar-refractivity contribution in [1.82, 2.24) is 10.3 Å². The molecule has 0 aliphatic carbocycles. The van der Waals surface area contributed by atoms with Gasteiger partial charge in [0.05, 0.1) is 6.20 Å². The Morgan fingerprint density at radius 1 is 1.62 bits per heavy atom. The van der Waals surface area contributed by atoms with E-state index in [9.17, 15) is 9.18 Å². The van der Waals surface area contributed by atoms with Crippen LogP contribution < -0.4 is 5.32 Å². The number of amides is 1. The van der Waals surface area contributed by atoms with Crippen molar-refractivity contribution >= 4 is 6.09 Å². The number of pyridine rings is 1. The number of carboxylic acid groups (broad SMARTS) is 1. The Bertz CT molecular complexity index is 287. The lowest BCUT2D eigenvalue weighted by atomic mass is 10.3. The van der Waals surface area contributed by atoms with E-state index in [0.29, 0.717) is 12.1 Å². The Morgan fingerprint density at radius 2 is 2.38 bits per heavy atom. The van der Waals surface area contributed by atoms with Gasteiger partial charge in [0, 0.05) is 18.7 Å². The van der Waals surface area contributed by atoms with E-state index >= 15 is 0 Å². The second-order valence-corrected chi connectivity index (χ2v) is 2.45. The molecule has 0 spiro atoms. The van der Waals surface area contributed by atoms with Gasteiger partial charge >= 0.3 is 6.09 Å².